The predicted octanol–water partition coefficient (Wildman–Crippen LogP) is 3.90. The summed E-state index contributed by atoms with van der Waals surface area (Å²) in [7, 11) is 0. The Bertz CT molecular complexity index is 877. The molecular formula is C21H21FN4. The van der Waals surface area contributed by atoms with Crippen LogP contribution in [0.1, 0.15) is 29.5 Å². The fraction of sp³-hybridized carbons (Fsp3) is 0.238. The first-order valence-corrected chi connectivity index (χ1v) is 8.88. The van der Waals surface area contributed by atoms with Crippen molar-refractivity contribution in [3.05, 3.63) is 77.5 Å². The highest BCUT2D eigenvalue weighted by Gasteiger charge is 2.20. The van der Waals surface area contributed by atoms with Crippen LogP contribution in [0.25, 0.3) is 5.57 Å². The Kier molecular flexibility index (Phi) is 4.52. The van der Waals surface area contributed by atoms with Gasteiger partial charge in [-0.25, -0.2) is 14.4 Å². The van der Waals surface area contributed by atoms with E-state index in [1.165, 1.54) is 25.0 Å². The summed E-state index contributed by atoms with van der Waals surface area (Å²) >= 11 is 0. The largest absolute Gasteiger partial charge is 0.366 e. The molecule has 0 amide bonds. The average molecular weight is 348 g/mol. The van der Waals surface area contributed by atoms with Crippen molar-refractivity contribution >= 4 is 17.6 Å². The maximum atomic E-state index is 13.0. The number of anilines is 1. The highest BCUT2D eigenvalue weighted by atomic mass is 19.1. The SMILES string of the molecule is C=C1C=C(NCc2ccc(F)cc2)N=Cc2c1ccnc2N1CCCC1. The Morgan fingerprint density at radius 2 is 1.88 bits per heavy atom. The van der Waals surface area contributed by atoms with Crippen LogP contribution in [0.3, 0.4) is 0 Å². The summed E-state index contributed by atoms with van der Waals surface area (Å²) in [6.07, 6.45) is 8.06. The minimum absolute atomic E-state index is 0.230. The molecular weight excluding hydrogens is 327 g/mol. The normalized spacial score (nSPS) is 16.3. The number of nitrogens with zero attached hydrogens (tertiary/aromatic N) is 3. The van der Waals surface area contributed by atoms with Crippen LogP contribution in [-0.2, 0) is 6.54 Å². The Morgan fingerprint density at radius 1 is 1.12 bits per heavy atom. The first kappa shape index (κ1) is 16.5. The number of benzene rings is 1. The maximum Gasteiger partial charge on any atom is 0.137 e. The van der Waals surface area contributed by atoms with E-state index < -0.39 is 0 Å². The fourth-order valence-electron chi connectivity index (χ4n) is 3.36. The van der Waals surface area contributed by atoms with Crippen molar-refractivity contribution in [3.8, 4) is 0 Å². The lowest BCUT2D eigenvalue weighted by Crippen LogP contribution is -2.21. The van der Waals surface area contributed by atoms with E-state index in [0.717, 1.165) is 47.0 Å². The summed E-state index contributed by atoms with van der Waals surface area (Å²) < 4.78 is 13.0. The zero-order valence-electron chi connectivity index (χ0n) is 14.6. The molecule has 0 spiro atoms. The Balaban J connectivity index is 1.56. The van der Waals surface area contributed by atoms with E-state index in [2.05, 4.69) is 26.8 Å². The van der Waals surface area contributed by atoms with Crippen molar-refractivity contribution in [2.45, 2.75) is 19.4 Å². The van der Waals surface area contributed by atoms with Crippen molar-refractivity contribution in [1.82, 2.24) is 10.3 Å². The van der Waals surface area contributed by atoms with Gasteiger partial charge < -0.3 is 10.2 Å². The monoisotopic (exact) mass is 348 g/mol. The van der Waals surface area contributed by atoms with Crippen molar-refractivity contribution < 1.29 is 4.39 Å². The van der Waals surface area contributed by atoms with Crippen molar-refractivity contribution in [2.24, 2.45) is 4.99 Å². The molecule has 0 saturated carbocycles. The zero-order valence-corrected chi connectivity index (χ0v) is 14.6. The van der Waals surface area contributed by atoms with E-state index in [9.17, 15) is 4.39 Å². The van der Waals surface area contributed by atoms with Gasteiger partial charge in [-0.3, -0.25) is 0 Å². The molecule has 2 aliphatic rings. The number of nitrogens with one attached hydrogen (secondary N) is 1. The van der Waals surface area contributed by atoms with Crippen LogP contribution in [-0.4, -0.2) is 24.3 Å². The number of aliphatic imine (C=N–C) groups is 1. The minimum atomic E-state index is -0.230. The van der Waals surface area contributed by atoms with Gasteiger partial charge in [0, 0.05) is 37.6 Å². The van der Waals surface area contributed by atoms with Crippen LogP contribution >= 0.6 is 0 Å². The van der Waals surface area contributed by atoms with Gasteiger partial charge in [0.05, 0.1) is 0 Å². The number of hydrogen-bond acceptors (Lipinski definition) is 4. The quantitative estimate of drug-likeness (QED) is 0.911. The maximum absolute atomic E-state index is 13.0. The minimum Gasteiger partial charge on any atom is -0.366 e. The van der Waals surface area contributed by atoms with Gasteiger partial charge in [-0.05, 0) is 53.8 Å². The third-order valence-electron chi connectivity index (χ3n) is 4.75. The molecule has 1 aromatic heterocycles. The van der Waals surface area contributed by atoms with Crippen LogP contribution in [0, 0.1) is 5.82 Å². The molecule has 26 heavy (non-hydrogen) atoms. The number of pyridine rings is 1. The Labute approximate surface area is 152 Å². The van der Waals surface area contributed by atoms with Crippen molar-refractivity contribution in [1.29, 1.82) is 0 Å². The molecule has 0 unspecified atom stereocenters. The van der Waals surface area contributed by atoms with Gasteiger partial charge in [-0.2, -0.15) is 0 Å². The number of allylic oxidation sites excluding steroid dienone is 2. The van der Waals surface area contributed by atoms with Crippen LogP contribution in [0.4, 0.5) is 10.2 Å². The van der Waals surface area contributed by atoms with E-state index in [1.54, 1.807) is 12.1 Å². The third-order valence-corrected chi connectivity index (χ3v) is 4.75. The second-order valence-electron chi connectivity index (χ2n) is 6.58. The summed E-state index contributed by atoms with van der Waals surface area (Å²) in [5.41, 5.74) is 3.98. The lowest BCUT2D eigenvalue weighted by Gasteiger charge is -2.20. The van der Waals surface area contributed by atoms with E-state index in [4.69, 9.17) is 0 Å². The summed E-state index contributed by atoms with van der Waals surface area (Å²) in [6.45, 7) is 6.85. The lowest BCUT2D eigenvalue weighted by atomic mass is 10.0. The summed E-state index contributed by atoms with van der Waals surface area (Å²) in [4.78, 5) is 11.5. The summed E-state index contributed by atoms with van der Waals surface area (Å²) in [6, 6.07) is 8.45. The summed E-state index contributed by atoms with van der Waals surface area (Å²) in [5.74, 6) is 1.49. The van der Waals surface area contributed by atoms with Gasteiger partial charge in [0.15, 0.2) is 0 Å². The van der Waals surface area contributed by atoms with Crippen LogP contribution in [0.5, 0.6) is 0 Å². The molecule has 4 rings (SSSR count). The van der Waals surface area contributed by atoms with E-state index in [1.807, 2.05) is 24.6 Å². The van der Waals surface area contributed by atoms with E-state index in [-0.39, 0.29) is 5.82 Å². The molecule has 3 heterocycles. The van der Waals surface area contributed by atoms with Gasteiger partial charge in [0.2, 0.25) is 0 Å². The topological polar surface area (TPSA) is 40.5 Å². The van der Waals surface area contributed by atoms with E-state index in [0.29, 0.717) is 6.54 Å². The standard InChI is InChI=1S/C21H21FN4/c1-15-12-20(24-13-16-4-6-17(22)7-5-16)25-14-19-18(15)8-9-23-21(19)26-10-2-3-11-26/h4-9,12,14,24H,1-3,10-11,13H2. The van der Waals surface area contributed by atoms with Crippen molar-refractivity contribution in [2.75, 3.05) is 18.0 Å². The number of fused-ring (bicyclic) bond motifs is 1. The second-order valence-corrected chi connectivity index (χ2v) is 6.58. The number of halogens is 1. The molecule has 2 aliphatic heterocycles. The molecule has 0 bridgehead atoms. The highest BCUT2D eigenvalue weighted by molar-refractivity contribution is 5.97. The molecule has 5 heteroatoms. The number of rotatable bonds is 4. The molecule has 4 nitrogen and oxygen atoms in total. The smallest absolute Gasteiger partial charge is 0.137 e. The van der Waals surface area contributed by atoms with Crippen LogP contribution in [0.15, 0.2) is 60.0 Å². The molecule has 0 aliphatic carbocycles. The summed E-state index contributed by atoms with van der Waals surface area (Å²) in [5, 5.41) is 3.30. The number of hydrogen-bond donors (Lipinski definition) is 1. The Hall–Kier alpha value is -2.95. The average Bonchev–Trinajstić information content (AvgIpc) is 3.14. The molecule has 1 saturated heterocycles. The first-order valence-electron chi connectivity index (χ1n) is 8.88. The lowest BCUT2D eigenvalue weighted by molar-refractivity contribution is 0.626. The zero-order chi connectivity index (χ0) is 17.9. The molecule has 0 radical (unpaired) electrons. The molecule has 1 fully saturated rings. The Morgan fingerprint density at radius 3 is 2.65 bits per heavy atom. The first-order chi connectivity index (χ1) is 12.7. The van der Waals surface area contributed by atoms with Gasteiger partial charge >= 0.3 is 0 Å². The molecule has 1 N–H and O–H groups in total. The molecule has 1 aromatic carbocycles. The van der Waals surface area contributed by atoms with Gasteiger partial charge in [0.1, 0.15) is 17.5 Å². The van der Waals surface area contributed by atoms with Gasteiger partial charge in [-0.15, -0.1) is 0 Å². The highest BCUT2D eigenvalue weighted by Crippen LogP contribution is 2.29. The van der Waals surface area contributed by atoms with Crippen LogP contribution < -0.4 is 10.2 Å². The molecule has 132 valence electrons. The van der Waals surface area contributed by atoms with Gasteiger partial charge in [-0.1, -0.05) is 18.7 Å². The fourth-order valence-corrected chi connectivity index (χ4v) is 3.36. The van der Waals surface area contributed by atoms with Crippen LogP contribution in [0.2, 0.25) is 0 Å². The molecule has 0 atom stereocenters. The third kappa shape index (κ3) is 3.38. The number of aromatic nitrogens is 1. The molecule has 2 aromatic rings. The predicted molar refractivity (Wildman–Crippen MR) is 104 cm³/mol. The van der Waals surface area contributed by atoms with E-state index >= 15 is 0 Å². The van der Waals surface area contributed by atoms with Gasteiger partial charge in [0.25, 0.3) is 0 Å². The van der Waals surface area contributed by atoms with Crippen molar-refractivity contribution in [3.63, 3.8) is 0 Å². The second kappa shape index (κ2) is 7.12.